The molecule has 0 spiro atoms. The zero-order chi connectivity index (χ0) is 20.4. The SMILES string of the molecule is CCn1c(SCC(=O)N2CCCc3cc(C)ccc32)nnc1-c1ccccc1C. The minimum atomic E-state index is 0.128. The number of benzene rings is 2. The van der Waals surface area contributed by atoms with Crippen molar-refractivity contribution in [3.63, 3.8) is 0 Å². The Balaban J connectivity index is 1.52. The highest BCUT2D eigenvalue weighted by molar-refractivity contribution is 7.99. The first-order valence-corrected chi connectivity index (χ1v) is 11.1. The van der Waals surface area contributed by atoms with Gasteiger partial charge in [-0.3, -0.25) is 4.79 Å². The molecule has 1 aliphatic heterocycles. The quantitative estimate of drug-likeness (QED) is 0.579. The molecule has 29 heavy (non-hydrogen) atoms. The Hall–Kier alpha value is -2.60. The van der Waals surface area contributed by atoms with Crippen molar-refractivity contribution in [2.45, 2.75) is 45.3 Å². The van der Waals surface area contributed by atoms with E-state index in [0.717, 1.165) is 48.2 Å². The van der Waals surface area contributed by atoms with Crippen LogP contribution in [0, 0.1) is 13.8 Å². The van der Waals surface area contributed by atoms with Gasteiger partial charge in [0.2, 0.25) is 5.91 Å². The van der Waals surface area contributed by atoms with Crippen LogP contribution in [0.25, 0.3) is 11.4 Å². The zero-order valence-electron chi connectivity index (χ0n) is 17.2. The van der Waals surface area contributed by atoms with Crippen LogP contribution in [0.3, 0.4) is 0 Å². The van der Waals surface area contributed by atoms with Gasteiger partial charge in [0, 0.05) is 24.3 Å². The molecule has 1 aliphatic rings. The topological polar surface area (TPSA) is 51.0 Å². The van der Waals surface area contributed by atoms with Crippen LogP contribution >= 0.6 is 11.8 Å². The van der Waals surface area contributed by atoms with E-state index in [1.165, 1.54) is 28.5 Å². The molecule has 2 aromatic carbocycles. The molecule has 3 aromatic rings. The van der Waals surface area contributed by atoms with Gasteiger partial charge in [-0.2, -0.15) is 0 Å². The monoisotopic (exact) mass is 406 g/mol. The van der Waals surface area contributed by atoms with Crippen molar-refractivity contribution in [3.05, 3.63) is 59.2 Å². The van der Waals surface area contributed by atoms with Crippen LogP contribution in [0.5, 0.6) is 0 Å². The van der Waals surface area contributed by atoms with Crippen molar-refractivity contribution in [3.8, 4) is 11.4 Å². The number of rotatable bonds is 5. The van der Waals surface area contributed by atoms with E-state index in [4.69, 9.17) is 0 Å². The van der Waals surface area contributed by atoms with Gasteiger partial charge in [-0.05, 0) is 50.8 Å². The number of carbonyl (C=O) groups is 1. The third-order valence-electron chi connectivity index (χ3n) is 5.40. The number of hydrogen-bond acceptors (Lipinski definition) is 4. The average Bonchev–Trinajstić information content (AvgIpc) is 3.14. The Labute approximate surface area is 176 Å². The number of carbonyl (C=O) groups excluding carboxylic acids is 1. The van der Waals surface area contributed by atoms with E-state index in [2.05, 4.69) is 65.9 Å². The average molecular weight is 407 g/mol. The summed E-state index contributed by atoms with van der Waals surface area (Å²) in [5.74, 6) is 1.35. The number of anilines is 1. The van der Waals surface area contributed by atoms with Gasteiger partial charge in [-0.1, -0.05) is 53.7 Å². The van der Waals surface area contributed by atoms with Crippen LogP contribution in [0.4, 0.5) is 5.69 Å². The van der Waals surface area contributed by atoms with E-state index < -0.39 is 0 Å². The highest BCUT2D eigenvalue weighted by Gasteiger charge is 2.23. The fourth-order valence-electron chi connectivity index (χ4n) is 3.89. The molecule has 6 heteroatoms. The van der Waals surface area contributed by atoms with Gasteiger partial charge in [0.1, 0.15) is 0 Å². The van der Waals surface area contributed by atoms with E-state index in [9.17, 15) is 4.79 Å². The first kappa shape index (κ1) is 19.7. The fourth-order valence-corrected chi connectivity index (χ4v) is 4.77. The number of hydrogen-bond donors (Lipinski definition) is 0. The van der Waals surface area contributed by atoms with Crippen molar-refractivity contribution < 1.29 is 4.79 Å². The van der Waals surface area contributed by atoms with Crippen LogP contribution < -0.4 is 4.90 Å². The number of aromatic nitrogens is 3. The second-order valence-electron chi connectivity index (χ2n) is 7.44. The smallest absolute Gasteiger partial charge is 0.237 e. The number of thioether (sulfide) groups is 1. The standard InChI is InChI=1S/C23H26N4OS/c1-4-26-22(19-10-6-5-8-17(19)3)24-25-23(26)29-15-21(28)27-13-7-9-18-14-16(2)11-12-20(18)27/h5-6,8,10-12,14H,4,7,9,13,15H2,1-3H3. The van der Waals surface area contributed by atoms with Gasteiger partial charge in [0.05, 0.1) is 5.75 Å². The van der Waals surface area contributed by atoms with E-state index in [1.807, 2.05) is 17.0 Å². The van der Waals surface area contributed by atoms with Crippen molar-refractivity contribution >= 4 is 23.4 Å². The van der Waals surface area contributed by atoms with Gasteiger partial charge < -0.3 is 9.47 Å². The summed E-state index contributed by atoms with van der Waals surface area (Å²) in [7, 11) is 0. The molecule has 0 fully saturated rings. The lowest BCUT2D eigenvalue weighted by molar-refractivity contribution is -0.116. The fraction of sp³-hybridized carbons (Fsp3) is 0.348. The molecule has 0 saturated heterocycles. The maximum absolute atomic E-state index is 13.0. The Bertz CT molecular complexity index is 1040. The van der Waals surface area contributed by atoms with Crippen LogP contribution in [0.2, 0.25) is 0 Å². The summed E-state index contributed by atoms with van der Waals surface area (Å²) in [5.41, 5.74) is 5.83. The zero-order valence-corrected chi connectivity index (χ0v) is 18.0. The predicted octanol–water partition coefficient (Wildman–Crippen LogP) is 4.65. The summed E-state index contributed by atoms with van der Waals surface area (Å²) in [6.45, 7) is 7.81. The maximum atomic E-state index is 13.0. The van der Waals surface area contributed by atoms with Crippen molar-refractivity contribution in [1.82, 2.24) is 14.8 Å². The molecule has 1 aromatic heterocycles. The molecule has 150 valence electrons. The summed E-state index contributed by atoms with van der Waals surface area (Å²) in [4.78, 5) is 14.9. The highest BCUT2D eigenvalue weighted by atomic mass is 32.2. The van der Waals surface area contributed by atoms with E-state index in [1.54, 1.807) is 0 Å². The van der Waals surface area contributed by atoms with Gasteiger partial charge >= 0.3 is 0 Å². The lowest BCUT2D eigenvalue weighted by Gasteiger charge is -2.29. The number of amides is 1. The molecule has 0 aliphatic carbocycles. The molecule has 0 saturated carbocycles. The maximum Gasteiger partial charge on any atom is 0.237 e. The minimum Gasteiger partial charge on any atom is -0.311 e. The molecule has 1 amide bonds. The molecule has 5 nitrogen and oxygen atoms in total. The summed E-state index contributed by atoms with van der Waals surface area (Å²) in [6.07, 6.45) is 2.05. The number of nitrogens with zero attached hydrogens (tertiary/aromatic N) is 4. The van der Waals surface area contributed by atoms with Gasteiger partial charge in [0.25, 0.3) is 0 Å². The van der Waals surface area contributed by atoms with Crippen LogP contribution in [-0.4, -0.2) is 33.0 Å². The van der Waals surface area contributed by atoms with Gasteiger partial charge in [0.15, 0.2) is 11.0 Å². The second-order valence-corrected chi connectivity index (χ2v) is 8.38. The first-order valence-electron chi connectivity index (χ1n) is 10.1. The Morgan fingerprint density at radius 3 is 2.76 bits per heavy atom. The molecule has 0 atom stereocenters. The normalized spacial score (nSPS) is 13.4. The minimum absolute atomic E-state index is 0.128. The van der Waals surface area contributed by atoms with Crippen LogP contribution in [-0.2, 0) is 17.8 Å². The predicted molar refractivity (Wildman–Crippen MR) is 118 cm³/mol. The van der Waals surface area contributed by atoms with Gasteiger partial charge in [-0.15, -0.1) is 10.2 Å². The lowest BCUT2D eigenvalue weighted by atomic mass is 10.00. The van der Waals surface area contributed by atoms with E-state index in [0.29, 0.717) is 5.75 Å². The van der Waals surface area contributed by atoms with Crippen LogP contribution in [0.15, 0.2) is 47.6 Å². The van der Waals surface area contributed by atoms with Crippen molar-refractivity contribution in [1.29, 1.82) is 0 Å². The Morgan fingerprint density at radius 2 is 1.97 bits per heavy atom. The lowest BCUT2D eigenvalue weighted by Crippen LogP contribution is -2.36. The van der Waals surface area contributed by atoms with Crippen molar-refractivity contribution in [2.75, 3.05) is 17.2 Å². The number of fused-ring (bicyclic) bond motifs is 1. The van der Waals surface area contributed by atoms with Crippen molar-refractivity contribution in [2.24, 2.45) is 0 Å². The first-order chi connectivity index (χ1) is 14.1. The largest absolute Gasteiger partial charge is 0.311 e. The molecule has 0 bridgehead atoms. The van der Waals surface area contributed by atoms with Crippen LogP contribution in [0.1, 0.15) is 30.0 Å². The molecular weight excluding hydrogens is 380 g/mol. The summed E-state index contributed by atoms with van der Waals surface area (Å²) < 4.78 is 2.09. The van der Waals surface area contributed by atoms with E-state index in [-0.39, 0.29) is 5.91 Å². The molecule has 0 radical (unpaired) electrons. The molecule has 4 rings (SSSR count). The highest BCUT2D eigenvalue weighted by Crippen LogP contribution is 2.30. The molecule has 0 unspecified atom stereocenters. The summed E-state index contributed by atoms with van der Waals surface area (Å²) in [5, 5.41) is 9.60. The van der Waals surface area contributed by atoms with Gasteiger partial charge in [-0.25, -0.2) is 0 Å². The molecular formula is C23H26N4OS. The van der Waals surface area contributed by atoms with E-state index >= 15 is 0 Å². The second kappa shape index (κ2) is 8.41. The Kier molecular flexibility index (Phi) is 5.72. The Morgan fingerprint density at radius 1 is 1.14 bits per heavy atom. The molecule has 2 heterocycles. The summed E-state index contributed by atoms with van der Waals surface area (Å²) >= 11 is 1.47. The molecule has 0 N–H and O–H groups in total. The number of aryl methyl sites for hydroxylation is 3. The third-order valence-corrected chi connectivity index (χ3v) is 6.35. The summed E-state index contributed by atoms with van der Waals surface area (Å²) in [6, 6.07) is 14.6. The third kappa shape index (κ3) is 3.94.